The first-order valence-corrected chi connectivity index (χ1v) is 3.78. The van der Waals surface area contributed by atoms with Crippen LogP contribution < -0.4 is 5.46 Å². The maximum Gasteiger partial charge on any atom is 0.337 e. The maximum absolute atomic E-state index is 11.1. The molecule has 0 radical (unpaired) electrons. The molecule has 0 bridgehead atoms. The van der Waals surface area contributed by atoms with Crippen LogP contribution in [-0.2, 0) is 4.74 Å². The molecule has 0 saturated carbocycles. The van der Waals surface area contributed by atoms with E-state index in [1.165, 1.54) is 7.11 Å². The van der Waals surface area contributed by atoms with Gasteiger partial charge in [0.1, 0.15) is 7.85 Å². The van der Waals surface area contributed by atoms with Gasteiger partial charge in [0.2, 0.25) is 0 Å². The van der Waals surface area contributed by atoms with Gasteiger partial charge in [-0.25, -0.2) is 4.79 Å². The smallest absolute Gasteiger partial charge is 0.337 e. The monoisotopic (exact) mass is 173 g/mol. The Morgan fingerprint density at radius 3 is 2.77 bits per heavy atom. The number of ether oxygens (including phenoxy) is 1. The molecule has 0 heterocycles. The van der Waals surface area contributed by atoms with Crippen molar-refractivity contribution in [3.63, 3.8) is 0 Å². The predicted octanol–water partition coefficient (Wildman–Crippen LogP) is -0.397. The van der Waals surface area contributed by atoms with Crippen molar-refractivity contribution < 1.29 is 9.53 Å². The van der Waals surface area contributed by atoms with Gasteiger partial charge in [-0.05, 0) is 12.1 Å². The van der Waals surface area contributed by atoms with Gasteiger partial charge in [-0.1, -0.05) is 11.5 Å². The van der Waals surface area contributed by atoms with Crippen molar-refractivity contribution >= 4 is 19.3 Å². The molecule has 1 aromatic rings. The van der Waals surface area contributed by atoms with Gasteiger partial charge in [0.25, 0.3) is 0 Å². The molecule has 0 amide bonds. The summed E-state index contributed by atoms with van der Waals surface area (Å²) in [6.45, 7) is 0. The zero-order chi connectivity index (χ0) is 9.84. The van der Waals surface area contributed by atoms with Crippen molar-refractivity contribution in [1.29, 1.82) is 5.26 Å². The van der Waals surface area contributed by atoms with Crippen LogP contribution >= 0.6 is 0 Å². The van der Waals surface area contributed by atoms with E-state index in [9.17, 15) is 4.79 Å². The Morgan fingerprint density at radius 1 is 1.62 bits per heavy atom. The van der Waals surface area contributed by atoms with Crippen LogP contribution in [-0.4, -0.2) is 20.9 Å². The molecule has 0 aliphatic heterocycles. The highest BCUT2D eigenvalue weighted by Gasteiger charge is 2.06. The zero-order valence-electron chi connectivity index (χ0n) is 7.50. The predicted molar refractivity (Wildman–Crippen MR) is 50.7 cm³/mol. The number of nitrogens with zero attached hydrogens (tertiary/aromatic N) is 1. The molecule has 0 N–H and O–H groups in total. The Morgan fingerprint density at radius 2 is 2.31 bits per heavy atom. The third-order valence-electron chi connectivity index (χ3n) is 1.77. The van der Waals surface area contributed by atoms with E-state index in [0.29, 0.717) is 11.1 Å². The maximum atomic E-state index is 11.1. The SMILES string of the molecule is Bc1cc(C(=O)OC)ccc1C#N. The third kappa shape index (κ3) is 1.88. The number of hydrogen-bond donors (Lipinski definition) is 0. The number of benzene rings is 1. The Bertz CT molecular complexity index is 382. The van der Waals surface area contributed by atoms with Gasteiger partial charge in [0.15, 0.2) is 0 Å². The zero-order valence-corrected chi connectivity index (χ0v) is 7.50. The van der Waals surface area contributed by atoms with E-state index < -0.39 is 0 Å². The molecule has 0 fully saturated rings. The lowest BCUT2D eigenvalue weighted by Gasteiger charge is -2.01. The minimum Gasteiger partial charge on any atom is -0.465 e. The lowest BCUT2D eigenvalue weighted by molar-refractivity contribution is 0.0601. The Labute approximate surface area is 77.3 Å². The number of hydrogen-bond acceptors (Lipinski definition) is 3. The van der Waals surface area contributed by atoms with Crippen molar-refractivity contribution in [3.05, 3.63) is 29.3 Å². The highest BCUT2D eigenvalue weighted by Crippen LogP contribution is 2.01. The van der Waals surface area contributed by atoms with Gasteiger partial charge in [0.05, 0.1) is 18.7 Å². The number of nitriles is 1. The van der Waals surface area contributed by atoms with Gasteiger partial charge in [-0.3, -0.25) is 0 Å². The molecular formula is C9H8BNO2. The molecule has 64 valence electrons. The third-order valence-corrected chi connectivity index (χ3v) is 1.77. The molecule has 0 aromatic heterocycles. The van der Waals surface area contributed by atoms with Crippen LogP contribution in [0.5, 0.6) is 0 Å². The number of carbonyl (C=O) groups excluding carboxylic acids is 1. The molecule has 0 aliphatic carbocycles. The summed E-state index contributed by atoms with van der Waals surface area (Å²) >= 11 is 0. The van der Waals surface area contributed by atoms with Crippen LogP contribution in [0.25, 0.3) is 0 Å². The lowest BCUT2D eigenvalue weighted by Crippen LogP contribution is -2.12. The van der Waals surface area contributed by atoms with Crippen LogP contribution in [0.4, 0.5) is 0 Å². The molecule has 4 heteroatoms. The van der Waals surface area contributed by atoms with Gasteiger partial charge in [-0.15, -0.1) is 0 Å². The van der Waals surface area contributed by atoms with Crippen molar-refractivity contribution in [2.24, 2.45) is 0 Å². The summed E-state index contributed by atoms with van der Waals surface area (Å²) < 4.78 is 4.54. The fourth-order valence-electron chi connectivity index (χ4n) is 1.03. The van der Waals surface area contributed by atoms with E-state index >= 15 is 0 Å². The molecular weight excluding hydrogens is 165 g/mol. The number of methoxy groups -OCH3 is 1. The molecule has 1 aromatic carbocycles. The van der Waals surface area contributed by atoms with E-state index in [-0.39, 0.29) is 5.97 Å². The standard InChI is InChI=1S/C9H8BNO2/c1-13-9(12)6-2-3-7(5-11)8(10)4-6/h2-4H,10H2,1H3. The van der Waals surface area contributed by atoms with E-state index in [4.69, 9.17) is 5.26 Å². The molecule has 0 atom stereocenters. The number of esters is 1. The second-order valence-corrected chi connectivity index (χ2v) is 2.63. The molecule has 0 spiro atoms. The summed E-state index contributed by atoms with van der Waals surface area (Å²) in [4.78, 5) is 11.1. The summed E-state index contributed by atoms with van der Waals surface area (Å²) in [5.41, 5.74) is 1.83. The first-order chi connectivity index (χ1) is 6.19. The molecule has 1 rings (SSSR count). The van der Waals surface area contributed by atoms with Crippen molar-refractivity contribution in [2.45, 2.75) is 0 Å². The van der Waals surface area contributed by atoms with Gasteiger partial charge < -0.3 is 4.74 Å². The summed E-state index contributed by atoms with van der Waals surface area (Å²) in [6.07, 6.45) is 0. The van der Waals surface area contributed by atoms with Crippen LogP contribution in [0, 0.1) is 11.3 Å². The number of carbonyl (C=O) groups is 1. The van der Waals surface area contributed by atoms with E-state index in [2.05, 4.69) is 4.74 Å². The Kier molecular flexibility index (Phi) is 2.71. The van der Waals surface area contributed by atoms with E-state index in [1.807, 2.05) is 6.07 Å². The second-order valence-electron chi connectivity index (χ2n) is 2.63. The summed E-state index contributed by atoms with van der Waals surface area (Å²) in [7, 11) is 3.11. The number of rotatable bonds is 1. The Hall–Kier alpha value is -1.76. The van der Waals surface area contributed by atoms with Crippen molar-refractivity contribution in [1.82, 2.24) is 0 Å². The fourth-order valence-corrected chi connectivity index (χ4v) is 1.03. The molecule has 0 unspecified atom stereocenters. The van der Waals surface area contributed by atoms with Crippen molar-refractivity contribution in [3.8, 4) is 6.07 Å². The highest BCUT2D eigenvalue weighted by molar-refractivity contribution is 6.34. The molecule has 0 saturated heterocycles. The van der Waals surface area contributed by atoms with Gasteiger partial charge in [0, 0.05) is 5.56 Å². The average molecular weight is 173 g/mol. The topological polar surface area (TPSA) is 50.1 Å². The minimum absolute atomic E-state index is 0.382. The first-order valence-electron chi connectivity index (χ1n) is 3.78. The van der Waals surface area contributed by atoms with E-state index in [0.717, 1.165) is 5.46 Å². The Balaban J connectivity index is 3.11. The average Bonchev–Trinajstić information content (AvgIpc) is 2.16. The van der Waals surface area contributed by atoms with Crippen LogP contribution in [0.15, 0.2) is 18.2 Å². The molecule has 3 nitrogen and oxygen atoms in total. The minimum atomic E-state index is -0.382. The largest absolute Gasteiger partial charge is 0.465 e. The lowest BCUT2D eigenvalue weighted by atomic mass is 9.89. The van der Waals surface area contributed by atoms with Crippen molar-refractivity contribution in [2.75, 3.05) is 7.11 Å². The summed E-state index contributed by atoms with van der Waals surface area (Å²) in [5, 5.41) is 8.64. The summed E-state index contributed by atoms with van der Waals surface area (Å²) in [6, 6.07) is 6.86. The van der Waals surface area contributed by atoms with Crippen LogP contribution in [0.3, 0.4) is 0 Å². The molecule has 13 heavy (non-hydrogen) atoms. The molecule has 0 aliphatic rings. The summed E-state index contributed by atoms with van der Waals surface area (Å²) in [5.74, 6) is -0.382. The van der Waals surface area contributed by atoms with Crippen LogP contribution in [0.1, 0.15) is 15.9 Å². The fraction of sp³-hybridized carbons (Fsp3) is 0.111. The normalized spacial score (nSPS) is 8.92. The highest BCUT2D eigenvalue weighted by atomic mass is 16.5. The quantitative estimate of drug-likeness (QED) is 0.429. The van der Waals surface area contributed by atoms with Gasteiger partial charge in [-0.2, -0.15) is 5.26 Å². The second kappa shape index (κ2) is 3.77. The first kappa shape index (κ1) is 9.33. The van der Waals surface area contributed by atoms with Gasteiger partial charge >= 0.3 is 5.97 Å². The van der Waals surface area contributed by atoms with E-state index in [1.54, 1.807) is 26.0 Å². The van der Waals surface area contributed by atoms with Crippen LogP contribution in [0.2, 0.25) is 0 Å².